The third-order valence-electron chi connectivity index (χ3n) is 4.94. The van der Waals surface area contributed by atoms with Gasteiger partial charge in [0.1, 0.15) is 0 Å². The van der Waals surface area contributed by atoms with Gasteiger partial charge in [-0.05, 0) is 50.5 Å². The van der Waals surface area contributed by atoms with E-state index in [-0.39, 0.29) is 0 Å². The number of nitrogens with one attached hydrogen (secondary N) is 1. The van der Waals surface area contributed by atoms with E-state index in [9.17, 15) is 0 Å². The first-order chi connectivity index (χ1) is 10.3. The molecule has 0 bridgehead atoms. The van der Waals surface area contributed by atoms with Crippen molar-refractivity contribution in [1.82, 2.24) is 10.2 Å². The predicted molar refractivity (Wildman–Crippen MR) is 92.8 cm³/mol. The average molecular weight is 305 g/mol. The van der Waals surface area contributed by atoms with Crippen molar-refractivity contribution in [2.24, 2.45) is 0 Å². The van der Waals surface area contributed by atoms with Crippen molar-refractivity contribution in [2.45, 2.75) is 56.0 Å². The van der Waals surface area contributed by atoms with Crippen molar-refractivity contribution < 1.29 is 0 Å². The average Bonchev–Trinajstić information content (AvgIpc) is 2.96. The molecule has 3 heteroatoms. The molecule has 116 valence electrons. The second-order valence-corrected chi connectivity index (χ2v) is 7.73. The van der Waals surface area contributed by atoms with Crippen LogP contribution in [-0.2, 0) is 6.54 Å². The Hall–Kier alpha value is -0.510. The van der Waals surface area contributed by atoms with Crippen LogP contribution in [0.1, 0.15) is 37.7 Å². The lowest BCUT2D eigenvalue weighted by Gasteiger charge is -2.35. The molecule has 1 aromatic rings. The van der Waals surface area contributed by atoms with E-state index in [0.717, 1.165) is 17.8 Å². The van der Waals surface area contributed by atoms with E-state index in [1.165, 1.54) is 50.8 Å². The zero-order valence-electron chi connectivity index (χ0n) is 13.1. The van der Waals surface area contributed by atoms with Crippen LogP contribution in [0.3, 0.4) is 0 Å². The zero-order chi connectivity index (χ0) is 14.5. The molecular weight excluding hydrogens is 276 g/mol. The first-order valence-corrected chi connectivity index (χ1v) is 9.67. The number of hydrogen-bond donors (Lipinski definition) is 1. The zero-order valence-corrected chi connectivity index (χ0v) is 13.9. The Morgan fingerprint density at radius 1 is 1.14 bits per heavy atom. The maximum Gasteiger partial charge on any atom is 0.0234 e. The second kappa shape index (κ2) is 7.66. The summed E-state index contributed by atoms with van der Waals surface area (Å²) in [7, 11) is 0. The Morgan fingerprint density at radius 3 is 2.76 bits per heavy atom. The van der Waals surface area contributed by atoms with Gasteiger partial charge >= 0.3 is 0 Å². The van der Waals surface area contributed by atoms with Gasteiger partial charge in [0.15, 0.2) is 0 Å². The maximum atomic E-state index is 3.94. The number of piperidine rings is 1. The highest BCUT2D eigenvalue weighted by atomic mass is 32.2. The van der Waals surface area contributed by atoms with E-state index in [2.05, 4.69) is 58.6 Å². The van der Waals surface area contributed by atoms with Gasteiger partial charge in [-0.1, -0.05) is 30.3 Å². The SMILES string of the molecule is CSC1CCC(NC2CCCN(Cc3ccccc3)C2)C1. The number of thioether (sulfide) groups is 1. The number of nitrogens with zero attached hydrogens (tertiary/aromatic N) is 1. The Bertz CT molecular complexity index is 422. The van der Waals surface area contributed by atoms with E-state index in [1.54, 1.807) is 0 Å². The van der Waals surface area contributed by atoms with Crippen LogP contribution in [0.5, 0.6) is 0 Å². The predicted octanol–water partition coefficient (Wildman–Crippen LogP) is 3.52. The molecule has 1 aromatic carbocycles. The molecule has 1 saturated carbocycles. The molecule has 0 aromatic heterocycles. The smallest absolute Gasteiger partial charge is 0.0234 e. The number of likely N-dealkylation sites (tertiary alicyclic amines) is 1. The van der Waals surface area contributed by atoms with Crippen LogP contribution in [0.15, 0.2) is 30.3 Å². The molecule has 1 aliphatic carbocycles. The van der Waals surface area contributed by atoms with Crippen LogP contribution < -0.4 is 5.32 Å². The molecule has 0 radical (unpaired) electrons. The summed E-state index contributed by atoms with van der Waals surface area (Å²) in [5, 5.41) is 4.84. The van der Waals surface area contributed by atoms with E-state index in [4.69, 9.17) is 0 Å². The van der Waals surface area contributed by atoms with Crippen LogP contribution >= 0.6 is 11.8 Å². The van der Waals surface area contributed by atoms with Gasteiger partial charge in [-0.2, -0.15) is 11.8 Å². The Balaban J connectivity index is 1.47. The number of benzene rings is 1. The van der Waals surface area contributed by atoms with Crippen LogP contribution in [-0.4, -0.2) is 41.6 Å². The van der Waals surface area contributed by atoms with Crippen LogP contribution in [0.2, 0.25) is 0 Å². The standard InChI is InChI=1S/C18H28N2S/c1-21-18-10-9-16(12-18)19-17-8-5-11-20(14-17)13-15-6-3-2-4-7-15/h2-4,6-7,16-19H,5,8-14H2,1H3. The molecule has 2 aliphatic rings. The highest BCUT2D eigenvalue weighted by molar-refractivity contribution is 7.99. The summed E-state index contributed by atoms with van der Waals surface area (Å²) in [6.45, 7) is 3.58. The molecule has 2 fully saturated rings. The summed E-state index contributed by atoms with van der Waals surface area (Å²) in [6, 6.07) is 12.4. The van der Waals surface area contributed by atoms with Gasteiger partial charge in [0.05, 0.1) is 0 Å². The van der Waals surface area contributed by atoms with Gasteiger partial charge in [0.25, 0.3) is 0 Å². The third kappa shape index (κ3) is 4.48. The minimum atomic E-state index is 0.702. The molecule has 1 aliphatic heterocycles. The Kier molecular flexibility index (Phi) is 5.61. The van der Waals surface area contributed by atoms with E-state index >= 15 is 0 Å². The van der Waals surface area contributed by atoms with E-state index in [0.29, 0.717) is 6.04 Å². The molecule has 21 heavy (non-hydrogen) atoms. The van der Waals surface area contributed by atoms with Gasteiger partial charge in [-0.25, -0.2) is 0 Å². The molecule has 3 atom stereocenters. The first kappa shape index (κ1) is 15.4. The van der Waals surface area contributed by atoms with Crippen molar-refractivity contribution in [1.29, 1.82) is 0 Å². The third-order valence-corrected chi connectivity index (χ3v) is 6.04. The highest BCUT2D eigenvalue weighted by Crippen LogP contribution is 2.29. The number of rotatable bonds is 5. The van der Waals surface area contributed by atoms with Crippen molar-refractivity contribution >= 4 is 11.8 Å². The number of hydrogen-bond acceptors (Lipinski definition) is 3. The first-order valence-electron chi connectivity index (χ1n) is 8.38. The lowest BCUT2D eigenvalue weighted by Crippen LogP contribution is -2.48. The summed E-state index contributed by atoms with van der Waals surface area (Å²) in [5.41, 5.74) is 1.45. The summed E-state index contributed by atoms with van der Waals surface area (Å²) in [5.74, 6) is 0. The van der Waals surface area contributed by atoms with Crippen molar-refractivity contribution in [3.8, 4) is 0 Å². The summed E-state index contributed by atoms with van der Waals surface area (Å²) in [6.07, 6.45) is 9.10. The van der Waals surface area contributed by atoms with Crippen molar-refractivity contribution in [3.05, 3.63) is 35.9 Å². The highest BCUT2D eigenvalue weighted by Gasteiger charge is 2.27. The Morgan fingerprint density at radius 2 is 2.00 bits per heavy atom. The molecule has 1 N–H and O–H groups in total. The van der Waals surface area contributed by atoms with Gasteiger partial charge in [0.2, 0.25) is 0 Å². The molecule has 3 rings (SSSR count). The summed E-state index contributed by atoms with van der Waals surface area (Å²) in [4.78, 5) is 2.62. The quantitative estimate of drug-likeness (QED) is 0.896. The largest absolute Gasteiger partial charge is 0.310 e. The summed E-state index contributed by atoms with van der Waals surface area (Å²) >= 11 is 2.05. The molecule has 2 nitrogen and oxygen atoms in total. The fourth-order valence-corrected chi connectivity index (χ4v) is 4.61. The van der Waals surface area contributed by atoms with Gasteiger partial charge in [0, 0.05) is 30.4 Å². The second-order valence-electron chi connectivity index (χ2n) is 6.59. The van der Waals surface area contributed by atoms with Crippen molar-refractivity contribution in [3.63, 3.8) is 0 Å². The van der Waals surface area contributed by atoms with E-state index < -0.39 is 0 Å². The lowest BCUT2D eigenvalue weighted by molar-refractivity contribution is 0.176. The van der Waals surface area contributed by atoms with Crippen LogP contribution in [0.25, 0.3) is 0 Å². The van der Waals surface area contributed by atoms with Crippen LogP contribution in [0, 0.1) is 0 Å². The van der Waals surface area contributed by atoms with Gasteiger partial charge in [-0.3, -0.25) is 4.90 Å². The lowest BCUT2D eigenvalue weighted by atomic mass is 10.0. The minimum absolute atomic E-state index is 0.702. The molecular formula is C18H28N2S. The van der Waals surface area contributed by atoms with Crippen molar-refractivity contribution in [2.75, 3.05) is 19.3 Å². The molecule has 0 spiro atoms. The van der Waals surface area contributed by atoms with E-state index in [1.807, 2.05) is 0 Å². The Labute approximate surface area is 133 Å². The maximum absolute atomic E-state index is 3.94. The normalized spacial score (nSPS) is 30.6. The minimum Gasteiger partial charge on any atom is -0.310 e. The fourth-order valence-electron chi connectivity index (χ4n) is 3.82. The molecule has 0 amide bonds. The molecule has 1 saturated heterocycles. The van der Waals surface area contributed by atoms with Gasteiger partial charge in [-0.15, -0.1) is 0 Å². The molecule has 3 unspecified atom stereocenters. The van der Waals surface area contributed by atoms with Crippen LogP contribution in [0.4, 0.5) is 0 Å². The topological polar surface area (TPSA) is 15.3 Å². The summed E-state index contributed by atoms with van der Waals surface area (Å²) < 4.78 is 0. The van der Waals surface area contributed by atoms with Gasteiger partial charge < -0.3 is 5.32 Å². The monoisotopic (exact) mass is 304 g/mol. The fraction of sp³-hybridized carbons (Fsp3) is 0.667. The molecule has 1 heterocycles.